The maximum Gasteiger partial charge on any atom is 0.270 e. The van der Waals surface area contributed by atoms with E-state index in [0.717, 1.165) is 29.7 Å². The van der Waals surface area contributed by atoms with Crippen LogP contribution in [0, 0.1) is 0 Å². The Morgan fingerprint density at radius 2 is 1.89 bits per heavy atom. The van der Waals surface area contributed by atoms with Crippen molar-refractivity contribution in [3.8, 4) is 17.1 Å². The van der Waals surface area contributed by atoms with E-state index in [9.17, 15) is 4.79 Å². The highest BCUT2D eigenvalue weighted by atomic mass is 16.5. The Hall–Kier alpha value is -4.02. The zero-order chi connectivity index (χ0) is 24.0. The molecule has 1 aliphatic rings. The Morgan fingerprint density at radius 1 is 1.03 bits per heavy atom. The number of rotatable bonds is 8. The van der Waals surface area contributed by atoms with Crippen molar-refractivity contribution < 1.29 is 14.3 Å². The van der Waals surface area contributed by atoms with E-state index >= 15 is 0 Å². The van der Waals surface area contributed by atoms with Crippen LogP contribution in [0.15, 0.2) is 54.9 Å². The molecule has 0 unspecified atom stereocenters. The Balaban J connectivity index is 1.32. The molecule has 3 aromatic heterocycles. The molecule has 10 nitrogen and oxygen atoms in total. The van der Waals surface area contributed by atoms with Crippen LogP contribution in [0.1, 0.15) is 10.5 Å². The quantitative estimate of drug-likeness (QED) is 0.335. The third-order valence-corrected chi connectivity index (χ3v) is 5.72. The van der Waals surface area contributed by atoms with Crippen molar-refractivity contribution in [1.82, 2.24) is 30.2 Å². The first-order valence-corrected chi connectivity index (χ1v) is 11.5. The Kier molecular flexibility index (Phi) is 6.82. The van der Waals surface area contributed by atoms with Crippen molar-refractivity contribution in [3.05, 3.63) is 60.6 Å². The van der Waals surface area contributed by atoms with Gasteiger partial charge in [0, 0.05) is 68.3 Å². The largest absolute Gasteiger partial charge is 0.491 e. The number of aromatic nitrogens is 4. The molecule has 180 valence electrons. The first-order chi connectivity index (χ1) is 17.2. The average molecular weight is 474 g/mol. The second-order valence-corrected chi connectivity index (χ2v) is 8.14. The van der Waals surface area contributed by atoms with Gasteiger partial charge >= 0.3 is 0 Å². The van der Waals surface area contributed by atoms with Crippen molar-refractivity contribution >= 4 is 28.4 Å². The number of ether oxygens (including phenoxy) is 2. The van der Waals surface area contributed by atoms with Gasteiger partial charge in [-0.2, -0.15) is 0 Å². The van der Waals surface area contributed by atoms with E-state index in [1.54, 1.807) is 31.6 Å². The van der Waals surface area contributed by atoms with E-state index in [4.69, 9.17) is 9.47 Å². The summed E-state index contributed by atoms with van der Waals surface area (Å²) in [6.07, 6.45) is 3.37. The highest BCUT2D eigenvalue weighted by Crippen LogP contribution is 2.24. The SMILES string of the molecule is COCCOc1ccnc(-c2ccnc(Nc3ccc4[nH]c(C(=O)N5CCNCC5)cc4c3)n2)c1. The Bertz CT molecular complexity index is 1320. The number of carbonyl (C=O) groups is 1. The van der Waals surface area contributed by atoms with Crippen molar-refractivity contribution in [2.75, 3.05) is 51.8 Å². The molecule has 0 aliphatic carbocycles. The molecule has 1 aromatic carbocycles. The van der Waals surface area contributed by atoms with Gasteiger partial charge in [0.15, 0.2) is 0 Å². The van der Waals surface area contributed by atoms with Crippen LogP contribution in [0.3, 0.4) is 0 Å². The fourth-order valence-electron chi connectivity index (χ4n) is 3.94. The minimum atomic E-state index is 0.0224. The van der Waals surface area contributed by atoms with Gasteiger partial charge in [0.25, 0.3) is 5.91 Å². The van der Waals surface area contributed by atoms with E-state index in [1.807, 2.05) is 35.2 Å². The number of hydrogen-bond acceptors (Lipinski definition) is 8. The number of anilines is 2. The molecule has 5 rings (SSSR count). The van der Waals surface area contributed by atoms with Crippen LogP contribution >= 0.6 is 0 Å². The third kappa shape index (κ3) is 5.39. The summed E-state index contributed by atoms with van der Waals surface area (Å²) in [5.74, 6) is 1.17. The molecule has 0 bridgehead atoms. The highest BCUT2D eigenvalue weighted by Gasteiger charge is 2.19. The maximum atomic E-state index is 12.8. The number of nitrogens with one attached hydrogen (secondary N) is 3. The van der Waals surface area contributed by atoms with Crippen molar-refractivity contribution in [1.29, 1.82) is 0 Å². The first-order valence-electron chi connectivity index (χ1n) is 11.5. The molecule has 3 N–H and O–H groups in total. The van der Waals surface area contributed by atoms with Crippen LogP contribution in [0.4, 0.5) is 11.6 Å². The molecular formula is C25H27N7O3. The molecule has 4 heterocycles. The van der Waals surface area contributed by atoms with Crippen LogP contribution in [0.5, 0.6) is 5.75 Å². The molecule has 0 atom stereocenters. The number of H-pyrrole nitrogens is 1. The monoisotopic (exact) mass is 473 g/mol. The zero-order valence-corrected chi connectivity index (χ0v) is 19.5. The average Bonchev–Trinajstić information content (AvgIpc) is 3.33. The molecule has 0 radical (unpaired) electrons. The van der Waals surface area contributed by atoms with Gasteiger partial charge in [0.1, 0.15) is 18.1 Å². The number of methoxy groups -OCH3 is 1. The molecule has 0 spiro atoms. The van der Waals surface area contributed by atoms with Gasteiger partial charge in [-0.05, 0) is 36.4 Å². The fourth-order valence-corrected chi connectivity index (χ4v) is 3.94. The van der Waals surface area contributed by atoms with E-state index < -0.39 is 0 Å². The minimum Gasteiger partial charge on any atom is -0.491 e. The van der Waals surface area contributed by atoms with Crippen molar-refractivity contribution in [3.63, 3.8) is 0 Å². The van der Waals surface area contributed by atoms with E-state index in [-0.39, 0.29) is 5.91 Å². The van der Waals surface area contributed by atoms with Crippen LogP contribution < -0.4 is 15.4 Å². The summed E-state index contributed by atoms with van der Waals surface area (Å²) >= 11 is 0. The van der Waals surface area contributed by atoms with Crippen molar-refractivity contribution in [2.24, 2.45) is 0 Å². The van der Waals surface area contributed by atoms with Gasteiger partial charge in [-0.15, -0.1) is 0 Å². The number of nitrogens with zero attached hydrogens (tertiary/aromatic N) is 4. The minimum absolute atomic E-state index is 0.0224. The lowest BCUT2D eigenvalue weighted by atomic mass is 10.2. The van der Waals surface area contributed by atoms with E-state index in [2.05, 4.69) is 30.6 Å². The van der Waals surface area contributed by atoms with Crippen LogP contribution in [-0.4, -0.2) is 77.2 Å². The highest BCUT2D eigenvalue weighted by molar-refractivity contribution is 5.98. The smallest absolute Gasteiger partial charge is 0.270 e. The second kappa shape index (κ2) is 10.5. The zero-order valence-electron chi connectivity index (χ0n) is 19.5. The fraction of sp³-hybridized carbons (Fsp3) is 0.280. The van der Waals surface area contributed by atoms with Gasteiger partial charge in [0.2, 0.25) is 5.95 Å². The van der Waals surface area contributed by atoms with Crippen LogP contribution in [0.25, 0.3) is 22.3 Å². The predicted molar refractivity (Wildman–Crippen MR) is 133 cm³/mol. The number of aromatic amines is 1. The molecule has 35 heavy (non-hydrogen) atoms. The molecule has 1 fully saturated rings. The topological polar surface area (TPSA) is 117 Å². The number of piperazine rings is 1. The normalized spacial score (nSPS) is 13.7. The molecule has 10 heteroatoms. The van der Waals surface area contributed by atoms with E-state index in [0.29, 0.717) is 55.1 Å². The van der Waals surface area contributed by atoms with E-state index in [1.165, 1.54) is 0 Å². The number of fused-ring (bicyclic) bond motifs is 1. The predicted octanol–water partition coefficient (Wildman–Crippen LogP) is 2.83. The molecule has 4 aromatic rings. The van der Waals surface area contributed by atoms with Crippen LogP contribution in [0.2, 0.25) is 0 Å². The summed E-state index contributed by atoms with van der Waals surface area (Å²) in [5, 5.41) is 7.45. The maximum absolute atomic E-state index is 12.8. The van der Waals surface area contributed by atoms with Gasteiger partial charge in [-0.3, -0.25) is 9.78 Å². The molecular weight excluding hydrogens is 446 g/mol. The molecule has 0 saturated carbocycles. The van der Waals surface area contributed by atoms with Gasteiger partial charge in [0.05, 0.1) is 18.0 Å². The van der Waals surface area contributed by atoms with Gasteiger partial charge in [-0.25, -0.2) is 9.97 Å². The van der Waals surface area contributed by atoms with Crippen molar-refractivity contribution in [2.45, 2.75) is 0 Å². The Morgan fingerprint density at radius 3 is 2.74 bits per heavy atom. The summed E-state index contributed by atoms with van der Waals surface area (Å²) in [7, 11) is 1.64. The lowest BCUT2D eigenvalue weighted by Gasteiger charge is -2.26. The number of carbonyl (C=O) groups excluding carboxylic acids is 1. The van der Waals surface area contributed by atoms with Gasteiger partial charge < -0.3 is 30.0 Å². The lowest BCUT2D eigenvalue weighted by Crippen LogP contribution is -2.46. The summed E-state index contributed by atoms with van der Waals surface area (Å²) < 4.78 is 10.7. The number of amides is 1. The first kappa shape index (κ1) is 22.8. The molecule has 1 saturated heterocycles. The summed E-state index contributed by atoms with van der Waals surface area (Å²) in [6, 6.07) is 13.2. The summed E-state index contributed by atoms with van der Waals surface area (Å²) in [5.41, 5.74) is 3.67. The Labute approximate surface area is 202 Å². The summed E-state index contributed by atoms with van der Waals surface area (Å²) in [6.45, 7) is 4.04. The van der Waals surface area contributed by atoms with Gasteiger partial charge in [-0.1, -0.05) is 0 Å². The lowest BCUT2D eigenvalue weighted by molar-refractivity contribution is 0.0731. The molecule has 1 amide bonds. The number of pyridine rings is 1. The number of hydrogen-bond donors (Lipinski definition) is 3. The standard InChI is InChI=1S/C25H27N7O3/c1-34-12-13-35-19-4-6-27-22(16-19)21-5-7-28-25(31-21)29-18-2-3-20-17(14-18)15-23(30-20)24(33)32-10-8-26-9-11-32/h2-7,14-16,26,30H,8-13H2,1H3,(H,28,29,31). The van der Waals surface area contributed by atoms with Crippen LogP contribution in [-0.2, 0) is 4.74 Å². The summed E-state index contributed by atoms with van der Waals surface area (Å²) in [4.78, 5) is 31.3. The number of benzene rings is 1. The molecule has 1 aliphatic heterocycles. The third-order valence-electron chi connectivity index (χ3n) is 5.72. The second-order valence-electron chi connectivity index (χ2n) is 8.14.